The summed E-state index contributed by atoms with van der Waals surface area (Å²) in [6.45, 7) is 2.43. The highest BCUT2D eigenvalue weighted by Crippen LogP contribution is 2.35. The van der Waals surface area contributed by atoms with Crippen LogP contribution in [0.15, 0.2) is 67.1 Å². The Balaban J connectivity index is 1.33. The fourth-order valence-electron chi connectivity index (χ4n) is 3.49. The molecule has 0 bridgehead atoms. The van der Waals surface area contributed by atoms with Gasteiger partial charge in [-0.2, -0.15) is 0 Å². The summed E-state index contributed by atoms with van der Waals surface area (Å²) in [4.78, 5) is 38.1. The van der Waals surface area contributed by atoms with Crippen LogP contribution < -0.4 is 16.0 Å². The summed E-state index contributed by atoms with van der Waals surface area (Å²) < 4.78 is 0. The third-order valence-corrected chi connectivity index (χ3v) is 6.67. The third kappa shape index (κ3) is 7.10. The number of nitrogens with one attached hydrogen (secondary N) is 3. The molecule has 0 spiro atoms. The molecule has 3 N–H and O–H groups in total. The SMILES string of the molecule is Cc1nc(NC(=O)CNC(=O)Cc2cccnc2)sc1-c1cnc(Cl)c(NCCc2ccccc2)c1. The first-order valence-electron chi connectivity index (χ1n) is 11.3. The summed E-state index contributed by atoms with van der Waals surface area (Å²) in [5.74, 6) is -0.610. The number of carbonyl (C=O) groups is 2. The van der Waals surface area contributed by atoms with Crippen molar-refractivity contribution in [3.05, 3.63) is 89.1 Å². The Morgan fingerprint density at radius 1 is 1.03 bits per heavy atom. The number of rotatable bonds is 10. The molecule has 0 saturated heterocycles. The Morgan fingerprint density at radius 3 is 2.61 bits per heavy atom. The van der Waals surface area contributed by atoms with Gasteiger partial charge in [0.25, 0.3) is 0 Å². The van der Waals surface area contributed by atoms with Crippen molar-refractivity contribution in [1.82, 2.24) is 20.3 Å². The summed E-state index contributed by atoms with van der Waals surface area (Å²) in [6, 6.07) is 15.7. The van der Waals surface area contributed by atoms with E-state index in [0.717, 1.165) is 33.8 Å². The Kier molecular flexibility index (Phi) is 8.59. The van der Waals surface area contributed by atoms with Crippen molar-refractivity contribution in [2.75, 3.05) is 23.7 Å². The first kappa shape index (κ1) is 25.3. The van der Waals surface area contributed by atoms with Gasteiger partial charge in [-0.25, -0.2) is 9.97 Å². The van der Waals surface area contributed by atoms with Crippen molar-refractivity contribution in [1.29, 1.82) is 0 Å². The molecule has 0 aliphatic rings. The first-order valence-corrected chi connectivity index (χ1v) is 12.5. The van der Waals surface area contributed by atoms with Crippen LogP contribution in [0.4, 0.5) is 10.8 Å². The molecule has 2 amide bonds. The first-order chi connectivity index (χ1) is 17.5. The summed E-state index contributed by atoms with van der Waals surface area (Å²) in [7, 11) is 0. The molecule has 3 aromatic heterocycles. The van der Waals surface area contributed by atoms with E-state index in [2.05, 4.69) is 43.0 Å². The number of hydrogen-bond acceptors (Lipinski definition) is 7. The molecule has 4 rings (SSSR count). The van der Waals surface area contributed by atoms with Gasteiger partial charge in [-0.3, -0.25) is 14.6 Å². The van der Waals surface area contributed by atoms with E-state index in [9.17, 15) is 9.59 Å². The van der Waals surface area contributed by atoms with Crippen LogP contribution in [0.1, 0.15) is 16.8 Å². The van der Waals surface area contributed by atoms with Crippen LogP contribution in [0.3, 0.4) is 0 Å². The Morgan fingerprint density at radius 2 is 1.83 bits per heavy atom. The summed E-state index contributed by atoms with van der Waals surface area (Å²) >= 11 is 7.65. The van der Waals surface area contributed by atoms with Gasteiger partial charge in [0.05, 0.1) is 29.2 Å². The van der Waals surface area contributed by atoms with Gasteiger partial charge in [0.1, 0.15) is 0 Å². The molecule has 0 aliphatic carbocycles. The minimum Gasteiger partial charge on any atom is -0.382 e. The third-order valence-electron chi connectivity index (χ3n) is 5.25. The highest BCUT2D eigenvalue weighted by molar-refractivity contribution is 7.19. The second kappa shape index (κ2) is 12.2. The van der Waals surface area contributed by atoms with Gasteiger partial charge < -0.3 is 16.0 Å². The molecular weight excluding hydrogens is 496 g/mol. The predicted octanol–water partition coefficient (Wildman–Crippen LogP) is 4.51. The number of amides is 2. The number of anilines is 2. The van der Waals surface area contributed by atoms with Gasteiger partial charge in [-0.05, 0) is 36.6 Å². The Hall–Kier alpha value is -3.82. The van der Waals surface area contributed by atoms with Gasteiger partial charge in [0.2, 0.25) is 11.8 Å². The molecule has 0 aliphatic heterocycles. The van der Waals surface area contributed by atoms with Gasteiger partial charge in [0, 0.05) is 30.7 Å². The number of aryl methyl sites for hydroxylation is 1. The topological polar surface area (TPSA) is 109 Å². The van der Waals surface area contributed by atoms with E-state index in [0.29, 0.717) is 16.8 Å². The van der Waals surface area contributed by atoms with Crippen LogP contribution in [0.5, 0.6) is 0 Å². The van der Waals surface area contributed by atoms with Crippen LogP contribution >= 0.6 is 22.9 Å². The fourth-order valence-corrected chi connectivity index (χ4v) is 4.63. The Bertz CT molecular complexity index is 1330. The zero-order chi connectivity index (χ0) is 25.3. The Labute approximate surface area is 218 Å². The van der Waals surface area contributed by atoms with Gasteiger partial charge in [0.15, 0.2) is 10.3 Å². The molecule has 0 fully saturated rings. The number of nitrogens with zero attached hydrogens (tertiary/aromatic N) is 3. The van der Waals surface area contributed by atoms with E-state index in [1.807, 2.05) is 37.3 Å². The van der Waals surface area contributed by atoms with E-state index in [1.165, 1.54) is 16.9 Å². The highest BCUT2D eigenvalue weighted by atomic mass is 35.5. The normalized spacial score (nSPS) is 10.6. The van der Waals surface area contributed by atoms with Crippen LogP contribution in [0.25, 0.3) is 10.4 Å². The van der Waals surface area contributed by atoms with E-state index >= 15 is 0 Å². The summed E-state index contributed by atoms with van der Waals surface area (Å²) in [5.41, 5.74) is 4.36. The lowest BCUT2D eigenvalue weighted by molar-refractivity contribution is -0.123. The molecule has 1 aromatic carbocycles. The minimum absolute atomic E-state index is 0.148. The number of pyridine rings is 2. The quantitative estimate of drug-likeness (QED) is 0.265. The summed E-state index contributed by atoms with van der Waals surface area (Å²) in [5, 5.41) is 9.55. The fraction of sp³-hybridized carbons (Fsp3) is 0.192. The maximum Gasteiger partial charge on any atom is 0.245 e. The molecule has 0 radical (unpaired) electrons. The molecule has 0 saturated carbocycles. The lowest BCUT2D eigenvalue weighted by atomic mass is 10.1. The van der Waals surface area contributed by atoms with E-state index in [1.54, 1.807) is 24.7 Å². The number of carbonyl (C=O) groups excluding carboxylic acids is 2. The van der Waals surface area contributed by atoms with Crippen LogP contribution in [0.2, 0.25) is 5.15 Å². The second-order valence-corrected chi connectivity index (χ2v) is 9.38. The van der Waals surface area contributed by atoms with Crippen LogP contribution in [0, 0.1) is 6.92 Å². The van der Waals surface area contributed by atoms with Crippen molar-refractivity contribution < 1.29 is 9.59 Å². The number of hydrogen-bond donors (Lipinski definition) is 3. The van der Waals surface area contributed by atoms with Crippen molar-refractivity contribution in [2.24, 2.45) is 0 Å². The average molecular weight is 521 g/mol. The van der Waals surface area contributed by atoms with Crippen LogP contribution in [-0.4, -0.2) is 39.9 Å². The predicted molar refractivity (Wildman–Crippen MR) is 143 cm³/mol. The zero-order valence-corrected chi connectivity index (χ0v) is 21.2. The second-order valence-electron chi connectivity index (χ2n) is 8.02. The van der Waals surface area contributed by atoms with Crippen molar-refractivity contribution in [3.63, 3.8) is 0 Å². The molecule has 3 heterocycles. The van der Waals surface area contributed by atoms with Gasteiger partial charge in [-0.15, -0.1) is 0 Å². The standard InChI is InChI=1S/C26H25ClN6O2S/c1-17-24(20-13-21(25(27)31-15-20)29-11-9-18-6-3-2-4-7-18)36-26(32-17)33-23(35)16-30-22(34)12-19-8-5-10-28-14-19/h2-8,10,13-15,29H,9,11-12,16H2,1H3,(H,30,34)(H,32,33,35). The van der Waals surface area contributed by atoms with E-state index in [-0.39, 0.29) is 24.8 Å². The molecule has 36 heavy (non-hydrogen) atoms. The van der Waals surface area contributed by atoms with Gasteiger partial charge >= 0.3 is 0 Å². The van der Waals surface area contributed by atoms with Gasteiger partial charge in [-0.1, -0.05) is 59.3 Å². The average Bonchev–Trinajstić information content (AvgIpc) is 3.25. The number of aromatic nitrogens is 3. The molecule has 8 nitrogen and oxygen atoms in total. The highest BCUT2D eigenvalue weighted by Gasteiger charge is 2.15. The largest absolute Gasteiger partial charge is 0.382 e. The van der Waals surface area contributed by atoms with E-state index < -0.39 is 0 Å². The van der Waals surface area contributed by atoms with Crippen molar-refractivity contribution in [2.45, 2.75) is 19.8 Å². The van der Waals surface area contributed by atoms with Crippen LogP contribution in [-0.2, 0) is 22.4 Å². The molecule has 0 atom stereocenters. The smallest absolute Gasteiger partial charge is 0.245 e. The molecule has 184 valence electrons. The number of halogens is 1. The van der Waals surface area contributed by atoms with Crippen molar-refractivity contribution >= 4 is 45.6 Å². The maximum atomic E-state index is 12.3. The number of benzene rings is 1. The minimum atomic E-state index is -0.354. The molecule has 0 unspecified atom stereocenters. The molecule has 4 aromatic rings. The summed E-state index contributed by atoms with van der Waals surface area (Å²) in [6.07, 6.45) is 5.97. The number of thiazole rings is 1. The monoisotopic (exact) mass is 520 g/mol. The maximum absolute atomic E-state index is 12.3. The molecular formula is C26H25ClN6O2S. The zero-order valence-electron chi connectivity index (χ0n) is 19.6. The lowest BCUT2D eigenvalue weighted by Gasteiger charge is -2.09. The lowest BCUT2D eigenvalue weighted by Crippen LogP contribution is -2.33. The van der Waals surface area contributed by atoms with Crippen molar-refractivity contribution in [3.8, 4) is 10.4 Å². The van der Waals surface area contributed by atoms with E-state index in [4.69, 9.17) is 11.6 Å². The molecule has 10 heteroatoms.